The van der Waals surface area contributed by atoms with Crippen LogP contribution in [0.5, 0.6) is 0 Å². The van der Waals surface area contributed by atoms with Crippen molar-refractivity contribution in [1.82, 2.24) is 15.6 Å². The van der Waals surface area contributed by atoms with E-state index in [-0.39, 0.29) is 29.5 Å². The topological polar surface area (TPSA) is 54.0 Å². The lowest BCUT2D eigenvalue weighted by atomic mass is 10.1. The fourth-order valence-corrected chi connectivity index (χ4v) is 1.99. The van der Waals surface area contributed by atoms with E-state index in [0.29, 0.717) is 5.56 Å². The van der Waals surface area contributed by atoms with Crippen LogP contribution < -0.4 is 10.6 Å². The molecule has 1 aliphatic heterocycles. The van der Waals surface area contributed by atoms with Crippen LogP contribution in [0.4, 0.5) is 0 Å². The molecule has 1 aromatic heterocycles. The van der Waals surface area contributed by atoms with Gasteiger partial charge in [-0.3, -0.25) is 4.79 Å². The molecule has 1 aromatic rings. The van der Waals surface area contributed by atoms with Crippen molar-refractivity contribution in [2.24, 2.45) is 0 Å². The number of hydrogen-bond donors (Lipinski definition) is 2. The monoisotopic (exact) mass is 275 g/mol. The summed E-state index contributed by atoms with van der Waals surface area (Å²) in [7, 11) is 0. The fraction of sp³-hybridized carbons (Fsp3) is 0.455. The molecular weight excluding hydrogens is 261 g/mol. The van der Waals surface area contributed by atoms with Crippen molar-refractivity contribution in [1.29, 1.82) is 0 Å². The van der Waals surface area contributed by atoms with Crippen LogP contribution in [-0.4, -0.2) is 30.0 Å². The lowest BCUT2D eigenvalue weighted by Crippen LogP contribution is -2.42. The Morgan fingerprint density at radius 1 is 1.47 bits per heavy atom. The summed E-state index contributed by atoms with van der Waals surface area (Å²) in [6, 6.07) is 3.64. The maximum absolute atomic E-state index is 11.9. The second-order valence-electron chi connectivity index (χ2n) is 3.84. The number of halogens is 2. The Bertz CT molecular complexity index is 381. The van der Waals surface area contributed by atoms with Crippen LogP contribution in [0.25, 0.3) is 0 Å². The third kappa shape index (κ3) is 3.84. The van der Waals surface area contributed by atoms with E-state index in [1.807, 2.05) is 0 Å². The quantitative estimate of drug-likeness (QED) is 0.807. The first-order chi connectivity index (χ1) is 7.77. The zero-order valence-electron chi connectivity index (χ0n) is 9.28. The van der Waals surface area contributed by atoms with Crippen LogP contribution in [0.2, 0.25) is 5.15 Å². The SMILES string of the molecule is Cl.O=C(NC1CCNCC1)c1cccnc1Cl. The Morgan fingerprint density at radius 3 is 2.82 bits per heavy atom. The number of hydrogen-bond acceptors (Lipinski definition) is 3. The van der Waals surface area contributed by atoms with Crippen molar-refractivity contribution in [3.05, 3.63) is 29.0 Å². The molecule has 2 heterocycles. The average molecular weight is 276 g/mol. The average Bonchev–Trinajstić information content (AvgIpc) is 2.31. The molecule has 6 heteroatoms. The Kier molecular flexibility index (Phi) is 5.68. The van der Waals surface area contributed by atoms with Crippen molar-refractivity contribution in [2.45, 2.75) is 18.9 Å². The number of rotatable bonds is 2. The summed E-state index contributed by atoms with van der Waals surface area (Å²) in [5, 5.41) is 6.48. The first-order valence-corrected chi connectivity index (χ1v) is 5.77. The standard InChI is InChI=1S/C11H14ClN3O.ClH/c12-10-9(2-1-5-14-10)11(16)15-8-3-6-13-7-4-8;/h1-2,5,8,13H,3-4,6-7H2,(H,15,16);1H. The van der Waals surface area contributed by atoms with E-state index in [0.717, 1.165) is 25.9 Å². The molecule has 94 valence electrons. The molecule has 17 heavy (non-hydrogen) atoms. The highest BCUT2D eigenvalue weighted by Gasteiger charge is 2.17. The molecule has 1 aliphatic rings. The smallest absolute Gasteiger partial charge is 0.254 e. The van der Waals surface area contributed by atoms with Gasteiger partial charge in [0, 0.05) is 12.2 Å². The molecule has 2 rings (SSSR count). The lowest BCUT2D eigenvalue weighted by molar-refractivity contribution is 0.0929. The predicted octanol–water partition coefficient (Wildman–Crippen LogP) is 1.64. The van der Waals surface area contributed by atoms with Crippen molar-refractivity contribution in [3.8, 4) is 0 Å². The summed E-state index contributed by atoms with van der Waals surface area (Å²) in [6.07, 6.45) is 3.50. The number of pyridine rings is 1. The van der Waals surface area contributed by atoms with Crippen LogP contribution >= 0.6 is 24.0 Å². The minimum atomic E-state index is -0.134. The number of aromatic nitrogens is 1. The first kappa shape index (κ1) is 14.2. The zero-order chi connectivity index (χ0) is 11.4. The second-order valence-corrected chi connectivity index (χ2v) is 4.20. The van der Waals surface area contributed by atoms with E-state index in [9.17, 15) is 4.79 Å². The van der Waals surface area contributed by atoms with Gasteiger partial charge in [0.05, 0.1) is 5.56 Å². The molecule has 1 fully saturated rings. The van der Waals surface area contributed by atoms with Gasteiger partial charge in [0.2, 0.25) is 0 Å². The van der Waals surface area contributed by atoms with Crippen LogP contribution in [0, 0.1) is 0 Å². The molecule has 0 saturated carbocycles. The Labute approximate surface area is 112 Å². The van der Waals surface area contributed by atoms with Crippen molar-refractivity contribution in [2.75, 3.05) is 13.1 Å². The fourth-order valence-electron chi connectivity index (χ4n) is 1.78. The van der Waals surface area contributed by atoms with Crippen molar-refractivity contribution < 1.29 is 4.79 Å². The third-order valence-corrected chi connectivity index (χ3v) is 2.98. The molecule has 1 saturated heterocycles. The Balaban J connectivity index is 0.00000144. The van der Waals surface area contributed by atoms with Crippen LogP contribution in [-0.2, 0) is 0 Å². The molecule has 4 nitrogen and oxygen atoms in total. The molecule has 0 unspecified atom stereocenters. The zero-order valence-corrected chi connectivity index (χ0v) is 10.9. The van der Waals surface area contributed by atoms with Gasteiger partial charge < -0.3 is 10.6 Å². The first-order valence-electron chi connectivity index (χ1n) is 5.39. The Hall–Kier alpha value is -0.840. The summed E-state index contributed by atoms with van der Waals surface area (Å²) in [6.45, 7) is 1.90. The summed E-state index contributed by atoms with van der Waals surface area (Å²) < 4.78 is 0. The molecule has 0 spiro atoms. The summed E-state index contributed by atoms with van der Waals surface area (Å²) >= 11 is 5.85. The van der Waals surface area contributed by atoms with Gasteiger partial charge in [-0.2, -0.15) is 0 Å². The second kappa shape index (κ2) is 6.79. The number of piperidine rings is 1. The van der Waals surface area contributed by atoms with Crippen LogP contribution in [0.1, 0.15) is 23.2 Å². The van der Waals surface area contributed by atoms with Gasteiger partial charge in [0.1, 0.15) is 5.15 Å². The minimum Gasteiger partial charge on any atom is -0.349 e. The van der Waals surface area contributed by atoms with Crippen LogP contribution in [0.15, 0.2) is 18.3 Å². The maximum atomic E-state index is 11.9. The van der Waals surface area contributed by atoms with Crippen LogP contribution in [0.3, 0.4) is 0 Å². The highest BCUT2D eigenvalue weighted by Crippen LogP contribution is 2.12. The van der Waals surface area contributed by atoms with Gasteiger partial charge in [-0.1, -0.05) is 11.6 Å². The van der Waals surface area contributed by atoms with E-state index in [4.69, 9.17) is 11.6 Å². The largest absolute Gasteiger partial charge is 0.349 e. The molecule has 0 bridgehead atoms. The van der Waals surface area contributed by atoms with E-state index >= 15 is 0 Å². The van der Waals surface area contributed by atoms with E-state index < -0.39 is 0 Å². The molecule has 0 aliphatic carbocycles. The van der Waals surface area contributed by atoms with E-state index in [1.165, 1.54) is 0 Å². The van der Waals surface area contributed by atoms with Gasteiger partial charge in [-0.05, 0) is 38.1 Å². The lowest BCUT2D eigenvalue weighted by Gasteiger charge is -2.23. The highest BCUT2D eigenvalue weighted by atomic mass is 35.5. The summed E-state index contributed by atoms with van der Waals surface area (Å²) in [5.41, 5.74) is 0.447. The van der Waals surface area contributed by atoms with Gasteiger partial charge in [-0.15, -0.1) is 12.4 Å². The predicted molar refractivity (Wildman–Crippen MR) is 69.9 cm³/mol. The Morgan fingerprint density at radius 2 is 2.18 bits per heavy atom. The number of amides is 1. The molecule has 0 radical (unpaired) electrons. The van der Waals surface area contributed by atoms with Gasteiger partial charge >= 0.3 is 0 Å². The number of nitrogens with zero attached hydrogens (tertiary/aromatic N) is 1. The molecule has 2 N–H and O–H groups in total. The maximum Gasteiger partial charge on any atom is 0.254 e. The molecular formula is C11H15Cl2N3O. The van der Waals surface area contributed by atoms with Crippen molar-refractivity contribution >= 4 is 29.9 Å². The van der Waals surface area contributed by atoms with Crippen molar-refractivity contribution in [3.63, 3.8) is 0 Å². The summed E-state index contributed by atoms with van der Waals surface area (Å²) in [5.74, 6) is -0.134. The number of carbonyl (C=O) groups is 1. The summed E-state index contributed by atoms with van der Waals surface area (Å²) in [4.78, 5) is 15.8. The number of nitrogens with one attached hydrogen (secondary N) is 2. The minimum absolute atomic E-state index is 0. The highest BCUT2D eigenvalue weighted by molar-refractivity contribution is 6.32. The third-order valence-electron chi connectivity index (χ3n) is 2.68. The molecule has 1 amide bonds. The van der Waals surface area contributed by atoms with Gasteiger partial charge in [0.15, 0.2) is 0 Å². The van der Waals surface area contributed by atoms with E-state index in [1.54, 1.807) is 18.3 Å². The molecule has 0 atom stereocenters. The molecule has 0 aromatic carbocycles. The van der Waals surface area contributed by atoms with Gasteiger partial charge in [-0.25, -0.2) is 4.98 Å². The van der Waals surface area contributed by atoms with E-state index in [2.05, 4.69) is 15.6 Å². The number of carbonyl (C=O) groups excluding carboxylic acids is 1. The normalized spacial score (nSPS) is 16.1. The van der Waals surface area contributed by atoms with Gasteiger partial charge in [0.25, 0.3) is 5.91 Å².